The average Bonchev–Trinajstić information content (AvgIpc) is 2.86. The van der Waals surface area contributed by atoms with E-state index in [4.69, 9.17) is 28.3 Å². The Kier molecular flexibility index (Phi) is 9.28. The van der Waals surface area contributed by atoms with Gasteiger partial charge in [-0.25, -0.2) is 5.01 Å². The number of carbonyl (C=O) groups excluding carboxylic acids is 2. The highest BCUT2D eigenvalue weighted by Crippen LogP contribution is 2.15. The van der Waals surface area contributed by atoms with Gasteiger partial charge in [0.2, 0.25) is 5.91 Å². The number of esters is 1. The van der Waals surface area contributed by atoms with Gasteiger partial charge < -0.3 is 9.84 Å². The molecule has 9 heteroatoms. The van der Waals surface area contributed by atoms with Crippen molar-refractivity contribution < 1.29 is 24.2 Å². The number of carbonyl (C=O) groups is 3. The molecule has 1 aliphatic heterocycles. The second-order valence-electron chi connectivity index (χ2n) is 3.57. The minimum absolute atomic E-state index is 0.107. The third kappa shape index (κ3) is 7.19. The van der Waals surface area contributed by atoms with Crippen LogP contribution in [0.25, 0.3) is 0 Å². The number of hydrogen-bond donors (Lipinski definition) is 2. The van der Waals surface area contributed by atoms with E-state index in [1.165, 1.54) is 7.11 Å². The monoisotopic (exact) mass is 314 g/mol. The molecular formula is C10H16Cl2N2O5. The number of aliphatic carboxylic acids is 1. The van der Waals surface area contributed by atoms with Gasteiger partial charge in [-0.1, -0.05) is 0 Å². The van der Waals surface area contributed by atoms with Crippen LogP contribution in [0.2, 0.25) is 0 Å². The molecule has 1 atom stereocenters. The number of halogens is 2. The quantitative estimate of drug-likeness (QED) is 0.568. The van der Waals surface area contributed by atoms with Gasteiger partial charge >= 0.3 is 11.9 Å². The van der Waals surface area contributed by atoms with Gasteiger partial charge in [0, 0.05) is 6.54 Å². The number of alkyl halides is 2. The first-order valence-corrected chi connectivity index (χ1v) is 6.50. The lowest BCUT2D eigenvalue weighted by atomic mass is 10.2. The van der Waals surface area contributed by atoms with Crippen molar-refractivity contribution in [2.45, 2.75) is 18.9 Å². The van der Waals surface area contributed by atoms with E-state index in [1.54, 1.807) is 5.01 Å². The molecule has 7 nitrogen and oxygen atoms in total. The Balaban J connectivity index is 0.000000555. The molecule has 1 saturated heterocycles. The second kappa shape index (κ2) is 9.82. The minimum Gasteiger partial charge on any atom is -0.480 e. The van der Waals surface area contributed by atoms with Crippen LogP contribution in [-0.2, 0) is 19.1 Å². The van der Waals surface area contributed by atoms with Crippen molar-refractivity contribution in [1.82, 2.24) is 10.4 Å². The lowest BCUT2D eigenvalue weighted by molar-refractivity contribution is -0.147. The van der Waals surface area contributed by atoms with Crippen LogP contribution in [0, 0.1) is 0 Å². The number of ether oxygens (including phenoxy) is 1. The molecule has 1 fully saturated rings. The minimum atomic E-state index is -0.980. The SMILES string of the molecule is COC(=O)[C@@H]1CCCN1NC(=O)CCl.O=C(O)CCl. The first-order valence-electron chi connectivity index (χ1n) is 5.43. The summed E-state index contributed by atoms with van der Waals surface area (Å²) < 4.78 is 4.61. The molecule has 0 unspecified atom stereocenters. The molecule has 0 aromatic carbocycles. The molecule has 1 amide bonds. The molecule has 1 aliphatic rings. The lowest BCUT2D eigenvalue weighted by Gasteiger charge is -2.22. The predicted octanol–water partition coefficient (Wildman–Crippen LogP) is 0.204. The Morgan fingerprint density at radius 1 is 1.37 bits per heavy atom. The first-order chi connectivity index (χ1) is 8.96. The van der Waals surface area contributed by atoms with Crippen LogP contribution in [0.5, 0.6) is 0 Å². The van der Waals surface area contributed by atoms with E-state index < -0.39 is 5.97 Å². The molecule has 0 aromatic rings. The van der Waals surface area contributed by atoms with Gasteiger partial charge in [0.25, 0.3) is 0 Å². The van der Waals surface area contributed by atoms with Crippen LogP contribution >= 0.6 is 23.2 Å². The second-order valence-corrected chi connectivity index (χ2v) is 4.11. The Bertz CT molecular complexity index is 327. The van der Waals surface area contributed by atoms with E-state index in [0.29, 0.717) is 13.0 Å². The van der Waals surface area contributed by atoms with Crippen molar-refractivity contribution in [1.29, 1.82) is 0 Å². The molecule has 0 bridgehead atoms. The van der Waals surface area contributed by atoms with E-state index in [1.807, 2.05) is 0 Å². The number of hydrazine groups is 1. The summed E-state index contributed by atoms with van der Waals surface area (Å²) in [5.74, 6) is -2.02. The van der Waals surface area contributed by atoms with E-state index in [9.17, 15) is 14.4 Å². The smallest absolute Gasteiger partial charge is 0.324 e. The summed E-state index contributed by atoms with van der Waals surface area (Å²) in [5.41, 5.74) is 2.56. The Morgan fingerprint density at radius 2 is 1.95 bits per heavy atom. The molecular weight excluding hydrogens is 299 g/mol. The van der Waals surface area contributed by atoms with Crippen LogP contribution < -0.4 is 5.43 Å². The molecule has 1 rings (SSSR count). The molecule has 19 heavy (non-hydrogen) atoms. The average molecular weight is 315 g/mol. The normalized spacial score (nSPS) is 18.2. The molecule has 0 saturated carbocycles. The summed E-state index contributed by atoms with van der Waals surface area (Å²) in [7, 11) is 1.34. The summed E-state index contributed by atoms with van der Waals surface area (Å²) in [6.45, 7) is 0.655. The first kappa shape index (κ1) is 17.9. The van der Waals surface area contributed by atoms with Crippen molar-refractivity contribution in [2.75, 3.05) is 25.4 Å². The molecule has 0 aliphatic carbocycles. The highest BCUT2D eigenvalue weighted by atomic mass is 35.5. The van der Waals surface area contributed by atoms with Crippen LogP contribution in [0.4, 0.5) is 0 Å². The van der Waals surface area contributed by atoms with Gasteiger partial charge in [0.1, 0.15) is 17.8 Å². The standard InChI is InChI=1S/C8H13ClN2O3.C2H3ClO2/c1-14-8(13)6-3-2-4-11(6)10-7(12)5-9;3-1-2(4)5/h6H,2-5H2,1H3,(H,10,12);1H2,(H,4,5)/t6-;/m0./s1. The lowest BCUT2D eigenvalue weighted by Crippen LogP contribution is -2.49. The number of hydrogen-bond acceptors (Lipinski definition) is 5. The van der Waals surface area contributed by atoms with Gasteiger partial charge in [-0.15, -0.1) is 23.2 Å². The molecule has 1 heterocycles. The largest absolute Gasteiger partial charge is 0.480 e. The van der Waals surface area contributed by atoms with Gasteiger partial charge in [-0.2, -0.15) is 0 Å². The van der Waals surface area contributed by atoms with E-state index >= 15 is 0 Å². The number of carboxylic acid groups (broad SMARTS) is 1. The van der Waals surface area contributed by atoms with Crippen molar-refractivity contribution in [3.63, 3.8) is 0 Å². The third-order valence-corrected chi connectivity index (χ3v) is 2.70. The summed E-state index contributed by atoms with van der Waals surface area (Å²) in [5, 5.41) is 9.17. The molecule has 2 N–H and O–H groups in total. The zero-order valence-electron chi connectivity index (χ0n) is 10.4. The van der Waals surface area contributed by atoms with Crippen molar-refractivity contribution >= 4 is 41.0 Å². The fraction of sp³-hybridized carbons (Fsp3) is 0.700. The number of nitrogens with zero attached hydrogens (tertiary/aromatic N) is 1. The number of carboxylic acids is 1. The highest BCUT2D eigenvalue weighted by Gasteiger charge is 2.32. The number of amides is 1. The highest BCUT2D eigenvalue weighted by molar-refractivity contribution is 6.27. The van der Waals surface area contributed by atoms with Crippen molar-refractivity contribution in [3.8, 4) is 0 Å². The fourth-order valence-corrected chi connectivity index (χ4v) is 1.53. The van der Waals surface area contributed by atoms with Gasteiger partial charge in [-0.05, 0) is 12.8 Å². The van der Waals surface area contributed by atoms with E-state index in [2.05, 4.69) is 10.2 Å². The zero-order chi connectivity index (χ0) is 14.8. The van der Waals surface area contributed by atoms with Crippen molar-refractivity contribution in [2.24, 2.45) is 0 Å². The summed E-state index contributed by atoms with van der Waals surface area (Å²) in [6, 6.07) is -0.368. The van der Waals surface area contributed by atoms with Crippen molar-refractivity contribution in [3.05, 3.63) is 0 Å². The molecule has 0 aromatic heterocycles. The molecule has 110 valence electrons. The molecule has 0 spiro atoms. The predicted molar refractivity (Wildman–Crippen MR) is 69.0 cm³/mol. The maximum atomic E-state index is 11.2. The van der Waals surface area contributed by atoms with Crippen LogP contribution in [-0.4, -0.2) is 59.4 Å². The Labute approximate surface area is 120 Å². The maximum absolute atomic E-state index is 11.2. The summed E-state index contributed by atoms with van der Waals surface area (Å²) >= 11 is 10.1. The fourth-order valence-electron chi connectivity index (χ4n) is 1.47. The maximum Gasteiger partial charge on any atom is 0.324 e. The third-order valence-electron chi connectivity index (χ3n) is 2.23. The van der Waals surface area contributed by atoms with E-state index in [-0.39, 0.29) is 29.7 Å². The van der Waals surface area contributed by atoms with Gasteiger partial charge in [-0.3, -0.25) is 19.8 Å². The molecule has 0 radical (unpaired) electrons. The van der Waals surface area contributed by atoms with Crippen LogP contribution in [0.15, 0.2) is 0 Å². The topological polar surface area (TPSA) is 95.9 Å². The summed E-state index contributed by atoms with van der Waals surface area (Å²) in [6.07, 6.45) is 1.57. The Hall–Kier alpha value is -1.05. The number of rotatable bonds is 4. The number of nitrogens with one attached hydrogen (secondary N) is 1. The van der Waals surface area contributed by atoms with Crippen LogP contribution in [0.1, 0.15) is 12.8 Å². The Morgan fingerprint density at radius 3 is 2.37 bits per heavy atom. The summed E-state index contributed by atoms with van der Waals surface area (Å²) in [4.78, 5) is 31.5. The van der Waals surface area contributed by atoms with Gasteiger partial charge in [0.15, 0.2) is 0 Å². The van der Waals surface area contributed by atoms with E-state index in [0.717, 1.165) is 6.42 Å². The van der Waals surface area contributed by atoms with Crippen LogP contribution in [0.3, 0.4) is 0 Å². The van der Waals surface area contributed by atoms with Gasteiger partial charge in [0.05, 0.1) is 7.11 Å². The zero-order valence-corrected chi connectivity index (χ0v) is 11.9. The number of methoxy groups -OCH3 is 1.